The summed E-state index contributed by atoms with van der Waals surface area (Å²) in [6.45, 7) is 4.68. The van der Waals surface area contributed by atoms with Crippen LogP contribution in [-0.4, -0.2) is 34.4 Å². The summed E-state index contributed by atoms with van der Waals surface area (Å²) in [6.07, 6.45) is 1.58. The molecule has 1 fully saturated rings. The largest absolute Gasteiger partial charge is 0.467 e. The van der Waals surface area contributed by atoms with Gasteiger partial charge in [-0.3, -0.25) is 4.90 Å². The number of morpholine rings is 1. The van der Waals surface area contributed by atoms with Crippen LogP contribution in [0.1, 0.15) is 28.8 Å². The summed E-state index contributed by atoms with van der Waals surface area (Å²) in [5, 5.41) is 14.2. The highest BCUT2D eigenvalue weighted by atomic mass is 16.5. The van der Waals surface area contributed by atoms with Gasteiger partial charge in [-0.15, -0.1) is 0 Å². The molecule has 3 aromatic rings. The SMILES string of the molecule is Cc1nn(-c2ccccc2)c(CN2CCOC(c3ccco3)C2)c1C#N. The van der Waals surface area contributed by atoms with E-state index in [9.17, 15) is 5.26 Å². The quantitative estimate of drug-likeness (QED) is 0.724. The molecule has 132 valence electrons. The third-order valence-electron chi connectivity index (χ3n) is 4.65. The molecule has 1 aliphatic heterocycles. The van der Waals surface area contributed by atoms with Crippen LogP contribution in [0.3, 0.4) is 0 Å². The number of para-hydroxylation sites is 1. The first-order valence-electron chi connectivity index (χ1n) is 8.67. The number of furan rings is 1. The number of ether oxygens (including phenoxy) is 1. The van der Waals surface area contributed by atoms with E-state index in [4.69, 9.17) is 9.15 Å². The Morgan fingerprint density at radius 1 is 1.23 bits per heavy atom. The lowest BCUT2D eigenvalue weighted by Gasteiger charge is -2.32. The number of aromatic nitrogens is 2. The lowest BCUT2D eigenvalue weighted by atomic mass is 10.1. The van der Waals surface area contributed by atoms with Crippen molar-refractivity contribution in [2.75, 3.05) is 19.7 Å². The van der Waals surface area contributed by atoms with E-state index in [0.29, 0.717) is 18.7 Å². The van der Waals surface area contributed by atoms with Gasteiger partial charge >= 0.3 is 0 Å². The van der Waals surface area contributed by atoms with Gasteiger partial charge in [-0.1, -0.05) is 18.2 Å². The van der Waals surface area contributed by atoms with Crippen LogP contribution in [0.25, 0.3) is 5.69 Å². The summed E-state index contributed by atoms with van der Waals surface area (Å²) in [6, 6.07) is 16.1. The first-order chi connectivity index (χ1) is 12.8. The summed E-state index contributed by atoms with van der Waals surface area (Å²) in [5.74, 6) is 0.836. The van der Waals surface area contributed by atoms with Gasteiger partial charge in [0.15, 0.2) is 0 Å². The average Bonchev–Trinajstić information content (AvgIpc) is 3.31. The molecule has 1 atom stereocenters. The minimum atomic E-state index is -0.0847. The molecule has 0 amide bonds. The van der Waals surface area contributed by atoms with E-state index >= 15 is 0 Å². The molecule has 4 rings (SSSR count). The topological polar surface area (TPSA) is 67.2 Å². The normalized spacial score (nSPS) is 17.9. The maximum Gasteiger partial charge on any atom is 0.133 e. The molecule has 0 radical (unpaired) electrons. The minimum absolute atomic E-state index is 0.0847. The number of benzene rings is 1. The fourth-order valence-electron chi connectivity index (χ4n) is 3.35. The van der Waals surface area contributed by atoms with Crippen molar-refractivity contribution in [3.8, 4) is 11.8 Å². The van der Waals surface area contributed by atoms with Crippen molar-refractivity contribution >= 4 is 0 Å². The zero-order chi connectivity index (χ0) is 17.9. The van der Waals surface area contributed by atoms with Crippen LogP contribution in [0, 0.1) is 18.3 Å². The first-order valence-corrected chi connectivity index (χ1v) is 8.67. The van der Waals surface area contributed by atoms with Crippen molar-refractivity contribution < 1.29 is 9.15 Å². The Bertz CT molecular complexity index is 909. The summed E-state index contributed by atoms with van der Waals surface area (Å²) >= 11 is 0. The lowest BCUT2D eigenvalue weighted by Crippen LogP contribution is -2.38. The predicted molar refractivity (Wildman–Crippen MR) is 95.7 cm³/mol. The molecule has 26 heavy (non-hydrogen) atoms. The second kappa shape index (κ2) is 7.16. The van der Waals surface area contributed by atoms with Crippen molar-refractivity contribution in [2.24, 2.45) is 0 Å². The number of aryl methyl sites for hydroxylation is 1. The summed E-state index contributed by atoms with van der Waals surface area (Å²) in [5.41, 5.74) is 3.27. The van der Waals surface area contributed by atoms with Gasteiger partial charge in [0, 0.05) is 19.6 Å². The molecule has 1 unspecified atom stereocenters. The Hall–Kier alpha value is -2.88. The van der Waals surface area contributed by atoms with Crippen molar-refractivity contribution in [1.82, 2.24) is 14.7 Å². The Morgan fingerprint density at radius 3 is 2.81 bits per heavy atom. The standard InChI is InChI=1S/C20H20N4O2/c1-15-17(12-21)18(24(22-15)16-6-3-2-4-7-16)13-23-9-11-26-20(14-23)19-8-5-10-25-19/h2-8,10,20H,9,11,13-14H2,1H3. The fraction of sp³-hybridized carbons (Fsp3) is 0.300. The highest BCUT2D eigenvalue weighted by Crippen LogP contribution is 2.25. The van der Waals surface area contributed by atoms with Crippen molar-refractivity contribution in [2.45, 2.75) is 19.6 Å². The average molecular weight is 348 g/mol. The zero-order valence-corrected chi connectivity index (χ0v) is 14.6. The van der Waals surface area contributed by atoms with Crippen LogP contribution in [0.15, 0.2) is 53.1 Å². The van der Waals surface area contributed by atoms with Gasteiger partial charge in [0.2, 0.25) is 0 Å². The van der Waals surface area contributed by atoms with Crippen LogP contribution in [0.4, 0.5) is 0 Å². The molecular weight excluding hydrogens is 328 g/mol. The molecule has 0 N–H and O–H groups in total. The highest BCUT2D eigenvalue weighted by molar-refractivity contribution is 5.43. The second-order valence-corrected chi connectivity index (χ2v) is 6.38. The van der Waals surface area contributed by atoms with Gasteiger partial charge < -0.3 is 9.15 Å². The monoisotopic (exact) mass is 348 g/mol. The summed E-state index contributed by atoms with van der Waals surface area (Å²) in [4.78, 5) is 2.29. The molecule has 1 saturated heterocycles. The van der Waals surface area contributed by atoms with E-state index in [2.05, 4.69) is 16.1 Å². The molecular formula is C20H20N4O2. The molecule has 0 spiro atoms. The number of rotatable bonds is 4. The maximum atomic E-state index is 9.63. The third-order valence-corrected chi connectivity index (χ3v) is 4.65. The van der Waals surface area contributed by atoms with Crippen LogP contribution >= 0.6 is 0 Å². The van der Waals surface area contributed by atoms with Gasteiger partial charge in [-0.05, 0) is 31.2 Å². The number of nitrogens with zero attached hydrogens (tertiary/aromatic N) is 4. The van der Waals surface area contributed by atoms with Crippen LogP contribution in [0.5, 0.6) is 0 Å². The Morgan fingerprint density at radius 2 is 2.08 bits per heavy atom. The van der Waals surface area contributed by atoms with E-state index in [1.807, 2.05) is 54.1 Å². The molecule has 6 nitrogen and oxygen atoms in total. The maximum absolute atomic E-state index is 9.63. The molecule has 1 aromatic carbocycles. The molecule has 6 heteroatoms. The van der Waals surface area contributed by atoms with Gasteiger partial charge in [-0.25, -0.2) is 4.68 Å². The Labute approximate surface area is 152 Å². The van der Waals surface area contributed by atoms with E-state index in [1.165, 1.54) is 0 Å². The molecule has 0 bridgehead atoms. The molecule has 2 aromatic heterocycles. The number of hydrogen-bond donors (Lipinski definition) is 0. The third kappa shape index (κ3) is 3.15. The van der Waals surface area contributed by atoms with Crippen molar-refractivity contribution in [3.05, 3.63) is 71.4 Å². The van der Waals surface area contributed by atoms with E-state index in [-0.39, 0.29) is 6.10 Å². The lowest BCUT2D eigenvalue weighted by molar-refractivity contribution is -0.0433. The smallest absolute Gasteiger partial charge is 0.133 e. The van der Waals surface area contributed by atoms with E-state index in [1.54, 1.807) is 6.26 Å². The van der Waals surface area contributed by atoms with Crippen LogP contribution < -0.4 is 0 Å². The number of hydrogen-bond acceptors (Lipinski definition) is 5. The summed E-state index contributed by atoms with van der Waals surface area (Å²) < 4.78 is 13.2. The van der Waals surface area contributed by atoms with Gasteiger partial charge in [0.1, 0.15) is 17.9 Å². The highest BCUT2D eigenvalue weighted by Gasteiger charge is 2.26. The van der Waals surface area contributed by atoms with Gasteiger partial charge in [0.25, 0.3) is 0 Å². The minimum Gasteiger partial charge on any atom is -0.467 e. The van der Waals surface area contributed by atoms with Crippen LogP contribution in [0.2, 0.25) is 0 Å². The Balaban J connectivity index is 1.62. The Kier molecular flexibility index (Phi) is 4.57. The zero-order valence-electron chi connectivity index (χ0n) is 14.6. The summed E-state index contributed by atoms with van der Waals surface area (Å²) in [7, 11) is 0. The van der Waals surface area contributed by atoms with Crippen molar-refractivity contribution in [1.29, 1.82) is 5.26 Å². The molecule has 3 heterocycles. The van der Waals surface area contributed by atoms with Gasteiger partial charge in [-0.2, -0.15) is 10.4 Å². The number of nitriles is 1. The fourth-order valence-corrected chi connectivity index (χ4v) is 3.35. The molecule has 0 saturated carbocycles. The van der Waals surface area contributed by atoms with Crippen LogP contribution in [-0.2, 0) is 11.3 Å². The second-order valence-electron chi connectivity index (χ2n) is 6.38. The van der Waals surface area contributed by atoms with Gasteiger partial charge in [0.05, 0.1) is 35.5 Å². The molecule has 0 aliphatic carbocycles. The van der Waals surface area contributed by atoms with E-state index in [0.717, 1.165) is 35.9 Å². The van der Waals surface area contributed by atoms with Crippen molar-refractivity contribution in [3.63, 3.8) is 0 Å². The first kappa shape index (κ1) is 16.6. The molecule has 1 aliphatic rings. The predicted octanol–water partition coefficient (Wildman–Crippen LogP) is 3.22. The van der Waals surface area contributed by atoms with E-state index < -0.39 is 0 Å².